The van der Waals surface area contributed by atoms with Crippen LogP contribution in [0.2, 0.25) is 0 Å². The summed E-state index contributed by atoms with van der Waals surface area (Å²) in [6.45, 7) is 0. The number of hydrogen-bond acceptors (Lipinski definition) is 2. The number of halogens is 1. The summed E-state index contributed by atoms with van der Waals surface area (Å²) in [6, 6.07) is 0. The number of aryl methyl sites for hydroxylation is 1. The molecule has 1 rings (SSSR count). The number of hydrogen-bond donors (Lipinski definition) is 2. The van der Waals surface area contributed by atoms with E-state index in [0.29, 0.717) is 11.2 Å². The zero-order valence-corrected chi connectivity index (χ0v) is 7.26. The van der Waals surface area contributed by atoms with Gasteiger partial charge in [-0.1, -0.05) is 0 Å². The van der Waals surface area contributed by atoms with E-state index < -0.39 is 5.97 Å². The molecule has 4 nitrogen and oxygen atoms in total. The van der Waals surface area contributed by atoms with Crippen LogP contribution in [0.25, 0.3) is 0 Å². The highest BCUT2D eigenvalue weighted by Gasteiger charge is 2.00. The first-order valence-electron chi connectivity index (χ1n) is 3.09. The number of aromatic nitrogens is 2. The number of nitrogens with zero attached hydrogens (tertiary/aromatic N) is 1. The van der Waals surface area contributed by atoms with Gasteiger partial charge < -0.3 is 10.1 Å². The second-order valence-electron chi connectivity index (χ2n) is 2.09. The first-order valence-corrected chi connectivity index (χ1v) is 3.89. The molecule has 0 unspecified atom stereocenters. The molecule has 0 bridgehead atoms. The summed E-state index contributed by atoms with van der Waals surface area (Å²) in [5, 5.41) is 8.34. The number of aliphatic carboxylic acids is 1. The number of H-pyrrole nitrogens is 1. The average Bonchev–Trinajstić information content (AvgIpc) is 2.31. The summed E-state index contributed by atoms with van der Waals surface area (Å²) in [4.78, 5) is 16.9. The Morgan fingerprint density at radius 1 is 1.82 bits per heavy atom. The molecule has 0 saturated heterocycles. The predicted octanol–water partition coefficient (Wildman–Crippen LogP) is 1.19. The molecule has 5 heteroatoms. The van der Waals surface area contributed by atoms with Crippen molar-refractivity contribution in [1.82, 2.24) is 9.97 Å². The van der Waals surface area contributed by atoms with E-state index in [4.69, 9.17) is 5.11 Å². The second-order valence-corrected chi connectivity index (χ2v) is 2.84. The topological polar surface area (TPSA) is 66.0 Å². The number of carboxylic acids is 1. The number of carbonyl (C=O) groups is 1. The highest BCUT2D eigenvalue weighted by Crippen LogP contribution is 2.05. The Balaban J connectivity index is 2.45. The summed E-state index contributed by atoms with van der Waals surface area (Å²) in [7, 11) is 0. The van der Waals surface area contributed by atoms with Crippen LogP contribution in [0.5, 0.6) is 0 Å². The second kappa shape index (κ2) is 3.52. The van der Waals surface area contributed by atoms with Gasteiger partial charge >= 0.3 is 5.97 Å². The van der Waals surface area contributed by atoms with Crippen molar-refractivity contribution in [1.29, 1.82) is 0 Å². The van der Waals surface area contributed by atoms with Crippen LogP contribution in [0.3, 0.4) is 0 Å². The lowest BCUT2D eigenvalue weighted by molar-refractivity contribution is -0.136. The van der Waals surface area contributed by atoms with Crippen molar-refractivity contribution in [3.63, 3.8) is 0 Å². The van der Waals surface area contributed by atoms with Gasteiger partial charge in [0.25, 0.3) is 0 Å². The lowest BCUT2D eigenvalue weighted by atomic mass is 10.2. The Labute approximate surface area is 71.8 Å². The fourth-order valence-electron chi connectivity index (χ4n) is 0.700. The molecule has 1 heterocycles. The summed E-state index contributed by atoms with van der Waals surface area (Å²) in [6.07, 6.45) is 2.25. The van der Waals surface area contributed by atoms with Crippen LogP contribution in [0.15, 0.2) is 10.9 Å². The van der Waals surface area contributed by atoms with E-state index in [-0.39, 0.29) is 6.42 Å². The molecule has 1 aromatic heterocycles. The summed E-state index contributed by atoms with van der Waals surface area (Å²) >= 11 is 3.13. The minimum absolute atomic E-state index is 0.134. The molecular formula is C6H7BrN2O2. The van der Waals surface area contributed by atoms with E-state index in [0.717, 1.165) is 5.69 Å². The van der Waals surface area contributed by atoms with Crippen molar-refractivity contribution in [2.45, 2.75) is 12.8 Å². The fraction of sp³-hybridized carbons (Fsp3) is 0.333. The average molecular weight is 219 g/mol. The quantitative estimate of drug-likeness (QED) is 0.802. The molecule has 0 aromatic carbocycles. The number of rotatable bonds is 3. The Morgan fingerprint density at radius 3 is 3.00 bits per heavy atom. The SMILES string of the molecule is O=C(O)CCc1cnc(Br)[nH]1. The van der Waals surface area contributed by atoms with E-state index in [1.54, 1.807) is 6.20 Å². The molecule has 0 atom stereocenters. The van der Waals surface area contributed by atoms with Crippen LogP contribution < -0.4 is 0 Å². The van der Waals surface area contributed by atoms with Gasteiger partial charge in [0.1, 0.15) is 0 Å². The Hall–Kier alpha value is -0.840. The molecular weight excluding hydrogens is 212 g/mol. The standard InChI is InChI=1S/C6H7BrN2O2/c7-6-8-3-4(9-6)1-2-5(10)11/h3H,1-2H2,(H,8,9)(H,10,11). The van der Waals surface area contributed by atoms with Crippen LogP contribution in [-0.2, 0) is 11.2 Å². The van der Waals surface area contributed by atoms with Gasteiger partial charge in [-0.2, -0.15) is 0 Å². The minimum atomic E-state index is -0.796. The van der Waals surface area contributed by atoms with Crippen molar-refractivity contribution < 1.29 is 9.90 Å². The molecule has 0 aliphatic heterocycles. The highest BCUT2D eigenvalue weighted by atomic mass is 79.9. The van der Waals surface area contributed by atoms with Gasteiger partial charge in [0.15, 0.2) is 4.73 Å². The lowest BCUT2D eigenvalue weighted by Crippen LogP contribution is -1.97. The van der Waals surface area contributed by atoms with Gasteiger partial charge in [-0.25, -0.2) is 4.98 Å². The summed E-state index contributed by atoms with van der Waals surface area (Å²) in [5.41, 5.74) is 0.833. The fourth-order valence-corrected chi connectivity index (χ4v) is 1.06. The molecule has 2 N–H and O–H groups in total. The molecule has 60 valence electrons. The lowest BCUT2D eigenvalue weighted by Gasteiger charge is -1.90. The van der Waals surface area contributed by atoms with E-state index in [1.807, 2.05) is 0 Å². The first kappa shape index (κ1) is 8.26. The molecule has 0 amide bonds. The van der Waals surface area contributed by atoms with Crippen molar-refractivity contribution >= 4 is 21.9 Å². The van der Waals surface area contributed by atoms with E-state index >= 15 is 0 Å². The number of carboxylic acid groups (broad SMARTS) is 1. The van der Waals surface area contributed by atoms with Gasteiger partial charge in [-0.3, -0.25) is 4.79 Å². The van der Waals surface area contributed by atoms with E-state index in [9.17, 15) is 4.79 Å². The zero-order valence-electron chi connectivity index (χ0n) is 5.67. The third kappa shape index (κ3) is 2.71. The van der Waals surface area contributed by atoms with Crippen LogP contribution in [0, 0.1) is 0 Å². The zero-order chi connectivity index (χ0) is 8.27. The predicted molar refractivity (Wildman–Crippen MR) is 42.2 cm³/mol. The molecule has 0 spiro atoms. The van der Waals surface area contributed by atoms with Gasteiger partial charge in [-0.15, -0.1) is 0 Å². The van der Waals surface area contributed by atoms with Crippen LogP contribution in [0.4, 0.5) is 0 Å². The molecule has 0 aliphatic rings. The van der Waals surface area contributed by atoms with Crippen molar-refractivity contribution in [3.05, 3.63) is 16.6 Å². The number of imidazole rings is 1. The van der Waals surface area contributed by atoms with Gasteiger partial charge in [0, 0.05) is 11.9 Å². The van der Waals surface area contributed by atoms with Gasteiger partial charge in [0.2, 0.25) is 0 Å². The molecule has 0 radical (unpaired) electrons. The molecule has 0 aliphatic carbocycles. The number of nitrogens with one attached hydrogen (secondary N) is 1. The highest BCUT2D eigenvalue weighted by molar-refractivity contribution is 9.10. The third-order valence-electron chi connectivity index (χ3n) is 1.21. The molecule has 1 aromatic rings. The van der Waals surface area contributed by atoms with Gasteiger partial charge in [0.05, 0.1) is 6.42 Å². The van der Waals surface area contributed by atoms with Gasteiger partial charge in [-0.05, 0) is 22.4 Å². The smallest absolute Gasteiger partial charge is 0.303 e. The normalized spacial score (nSPS) is 9.91. The first-order chi connectivity index (χ1) is 5.18. The number of aromatic amines is 1. The monoisotopic (exact) mass is 218 g/mol. The maximum atomic E-state index is 10.1. The molecule has 0 saturated carbocycles. The maximum absolute atomic E-state index is 10.1. The van der Waals surface area contributed by atoms with Crippen LogP contribution in [0.1, 0.15) is 12.1 Å². The molecule has 0 fully saturated rings. The van der Waals surface area contributed by atoms with Crippen LogP contribution in [-0.4, -0.2) is 21.0 Å². The van der Waals surface area contributed by atoms with Crippen molar-refractivity contribution in [3.8, 4) is 0 Å². The Morgan fingerprint density at radius 2 is 2.55 bits per heavy atom. The largest absolute Gasteiger partial charge is 0.481 e. The Bertz CT molecular complexity index is 259. The maximum Gasteiger partial charge on any atom is 0.303 e. The van der Waals surface area contributed by atoms with Crippen molar-refractivity contribution in [2.75, 3.05) is 0 Å². The Kier molecular flexibility index (Phi) is 2.64. The summed E-state index contributed by atoms with van der Waals surface area (Å²) < 4.78 is 0.637. The van der Waals surface area contributed by atoms with Crippen LogP contribution >= 0.6 is 15.9 Å². The minimum Gasteiger partial charge on any atom is -0.481 e. The van der Waals surface area contributed by atoms with Crippen molar-refractivity contribution in [2.24, 2.45) is 0 Å². The van der Waals surface area contributed by atoms with E-state index in [1.165, 1.54) is 0 Å². The molecule has 11 heavy (non-hydrogen) atoms. The summed E-state index contributed by atoms with van der Waals surface area (Å²) in [5.74, 6) is -0.796. The third-order valence-corrected chi connectivity index (χ3v) is 1.61. The van der Waals surface area contributed by atoms with E-state index in [2.05, 4.69) is 25.9 Å².